The first kappa shape index (κ1) is 22.3. The molecule has 2 saturated heterocycles. The van der Waals surface area contributed by atoms with Crippen molar-refractivity contribution in [2.24, 2.45) is 0 Å². The van der Waals surface area contributed by atoms with Crippen molar-refractivity contribution < 1.29 is 5.11 Å². The molecule has 1 unspecified atom stereocenters. The topological polar surface area (TPSA) is 78.7 Å². The van der Waals surface area contributed by atoms with E-state index in [1.165, 1.54) is 16.8 Å². The first-order chi connectivity index (χ1) is 17.1. The maximum absolute atomic E-state index is 9.73. The van der Waals surface area contributed by atoms with E-state index in [0.717, 1.165) is 68.8 Å². The molecule has 0 spiro atoms. The van der Waals surface area contributed by atoms with Gasteiger partial charge in [-0.15, -0.1) is 0 Å². The molecule has 0 amide bonds. The highest BCUT2D eigenvalue weighted by Crippen LogP contribution is 2.41. The van der Waals surface area contributed by atoms with Crippen LogP contribution in [0.3, 0.4) is 0 Å². The minimum atomic E-state index is -0.160. The van der Waals surface area contributed by atoms with Crippen LogP contribution in [0.5, 0.6) is 0 Å². The molecule has 3 atom stereocenters. The van der Waals surface area contributed by atoms with Crippen LogP contribution in [-0.4, -0.2) is 71.3 Å². The highest BCUT2D eigenvalue weighted by atomic mass is 16.3. The second kappa shape index (κ2) is 9.12. The van der Waals surface area contributed by atoms with Gasteiger partial charge in [-0.1, -0.05) is 6.07 Å². The first-order valence-corrected chi connectivity index (χ1v) is 12.7. The number of piperazine rings is 1. The molecule has 2 fully saturated rings. The van der Waals surface area contributed by atoms with E-state index in [-0.39, 0.29) is 6.10 Å². The molecule has 0 radical (unpaired) electrons. The fourth-order valence-electron chi connectivity index (χ4n) is 6.13. The van der Waals surface area contributed by atoms with E-state index in [0.29, 0.717) is 17.6 Å². The van der Waals surface area contributed by atoms with Gasteiger partial charge in [0.15, 0.2) is 0 Å². The predicted octanol–water partition coefficient (Wildman–Crippen LogP) is 3.35. The number of aliphatic hydroxyl groups excluding tert-OH is 1. The van der Waals surface area contributed by atoms with Gasteiger partial charge < -0.3 is 15.3 Å². The second-order valence-electron chi connectivity index (χ2n) is 10.2. The molecule has 2 aromatic carbocycles. The van der Waals surface area contributed by atoms with E-state index >= 15 is 0 Å². The van der Waals surface area contributed by atoms with Crippen LogP contribution in [0.1, 0.15) is 36.1 Å². The lowest BCUT2D eigenvalue weighted by atomic mass is 9.99. The van der Waals surface area contributed by atoms with Crippen molar-refractivity contribution in [1.82, 2.24) is 14.8 Å². The number of hydrogen-bond acceptors (Lipinski definition) is 7. The molecule has 7 heteroatoms. The van der Waals surface area contributed by atoms with E-state index in [9.17, 15) is 10.4 Å². The monoisotopic (exact) mass is 468 g/mol. The van der Waals surface area contributed by atoms with Crippen LogP contribution in [0.15, 0.2) is 48.7 Å². The van der Waals surface area contributed by atoms with Crippen LogP contribution >= 0.6 is 0 Å². The Balaban J connectivity index is 1.20. The molecule has 0 saturated carbocycles. The molecular formula is C28H32N6O. The summed E-state index contributed by atoms with van der Waals surface area (Å²) in [5.74, 6) is 0. The number of nitrogens with zero attached hydrogens (tertiary/aromatic N) is 5. The van der Waals surface area contributed by atoms with E-state index in [1.54, 1.807) is 6.20 Å². The van der Waals surface area contributed by atoms with Crippen molar-refractivity contribution in [3.8, 4) is 6.07 Å². The number of benzene rings is 2. The van der Waals surface area contributed by atoms with Gasteiger partial charge in [0.25, 0.3) is 0 Å². The molecule has 3 aliphatic heterocycles. The Morgan fingerprint density at radius 2 is 2.09 bits per heavy atom. The van der Waals surface area contributed by atoms with Gasteiger partial charge in [-0.05, 0) is 60.9 Å². The molecule has 7 nitrogen and oxygen atoms in total. The van der Waals surface area contributed by atoms with Crippen molar-refractivity contribution >= 4 is 22.3 Å². The third kappa shape index (κ3) is 4.12. The average Bonchev–Trinajstić information content (AvgIpc) is 3.46. The number of pyridine rings is 1. The first-order valence-electron chi connectivity index (χ1n) is 12.7. The average molecular weight is 469 g/mol. The number of aromatic nitrogens is 1. The molecule has 180 valence electrons. The third-order valence-corrected chi connectivity index (χ3v) is 7.91. The summed E-state index contributed by atoms with van der Waals surface area (Å²) in [5.41, 5.74) is 6.59. The Morgan fingerprint density at radius 1 is 1.17 bits per heavy atom. The lowest BCUT2D eigenvalue weighted by Crippen LogP contribution is -2.51. The van der Waals surface area contributed by atoms with Crippen LogP contribution in [0.4, 0.5) is 11.4 Å². The molecule has 35 heavy (non-hydrogen) atoms. The quantitative estimate of drug-likeness (QED) is 0.595. The highest BCUT2D eigenvalue weighted by Gasteiger charge is 2.39. The molecule has 0 aliphatic carbocycles. The maximum Gasteiger partial charge on any atom is 0.101 e. The summed E-state index contributed by atoms with van der Waals surface area (Å²) in [5, 5.41) is 23.9. The van der Waals surface area contributed by atoms with Crippen LogP contribution in [0.2, 0.25) is 0 Å². The van der Waals surface area contributed by atoms with E-state index in [4.69, 9.17) is 0 Å². The molecule has 1 aromatic heterocycles. The van der Waals surface area contributed by atoms with Crippen molar-refractivity contribution in [2.45, 2.75) is 38.1 Å². The summed E-state index contributed by atoms with van der Waals surface area (Å²) < 4.78 is 0. The summed E-state index contributed by atoms with van der Waals surface area (Å²) in [6, 6.07) is 17.9. The predicted molar refractivity (Wildman–Crippen MR) is 138 cm³/mol. The number of hydrogen-bond donors (Lipinski definition) is 2. The second-order valence-corrected chi connectivity index (χ2v) is 10.2. The maximum atomic E-state index is 9.73. The number of fused-ring (bicyclic) bond motifs is 4. The van der Waals surface area contributed by atoms with Crippen LogP contribution in [-0.2, 0) is 6.54 Å². The van der Waals surface area contributed by atoms with Gasteiger partial charge in [-0.3, -0.25) is 14.8 Å². The lowest BCUT2D eigenvalue weighted by Gasteiger charge is -2.43. The van der Waals surface area contributed by atoms with Crippen molar-refractivity contribution in [1.29, 1.82) is 5.26 Å². The number of likely N-dealkylation sites (tertiary alicyclic amines) is 1. The summed E-state index contributed by atoms with van der Waals surface area (Å²) in [6.07, 6.45) is 2.49. The highest BCUT2D eigenvalue weighted by molar-refractivity contribution is 5.95. The number of anilines is 2. The summed E-state index contributed by atoms with van der Waals surface area (Å²) in [4.78, 5) is 11.9. The van der Waals surface area contributed by atoms with E-state index in [2.05, 4.69) is 68.3 Å². The largest absolute Gasteiger partial charge is 0.392 e. The molecule has 4 heterocycles. The number of rotatable bonds is 5. The van der Waals surface area contributed by atoms with Crippen LogP contribution < -0.4 is 10.2 Å². The number of aliphatic hydroxyl groups is 1. The minimum Gasteiger partial charge on any atom is -0.392 e. The molecule has 3 aliphatic rings. The minimum absolute atomic E-state index is 0.160. The number of nitriles is 1. The van der Waals surface area contributed by atoms with Gasteiger partial charge in [0.2, 0.25) is 0 Å². The zero-order valence-electron chi connectivity index (χ0n) is 20.2. The molecule has 6 rings (SSSR count). The Kier molecular flexibility index (Phi) is 5.81. The zero-order valence-corrected chi connectivity index (χ0v) is 20.2. The van der Waals surface area contributed by atoms with E-state index in [1.807, 2.05) is 12.1 Å². The zero-order chi connectivity index (χ0) is 23.9. The Hall–Kier alpha value is -3.18. The summed E-state index contributed by atoms with van der Waals surface area (Å²) in [7, 11) is 0. The van der Waals surface area contributed by atoms with Crippen LogP contribution in [0.25, 0.3) is 10.9 Å². The fraction of sp³-hybridized carbons (Fsp3) is 0.429. The van der Waals surface area contributed by atoms with Gasteiger partial charge in [-0.25, -0.2) is 0 Å². The van der Waals surface area contributed by atoms with Crippen molar-refractivity contribution in [3.05, 3.63) is 65.4 Å². The van der Waals surface area contributed by atoms with Gasteiger partial charge >= 0.3 is 0 Å². The summed E-state index contributed by atoms with van der Waals surface area (Å²) >= 11 is 0. The smallest absolute Gasteiger partial charge is 0.101 e. The molecule has 2 N–H and O–H groups in total. The standard InChI is InChI=1S/C28H32N6O/c1-19-15-33(26-7-4-20(14-29)28-25(26)3-2-9-31-28)18-27-24-6-5-22(13-21(24)16-34(19)27)30-10-12-32-11-8-23(35)17-32/h2-7,9,13,19,23,27,30,35H,8,10-12,15-18H2,1H3/t19-,23?,27-/m1/s1. The third-order valence-electron chi connectivity index (χ3n) is 7.91. The van der Waals surface area contributed by atoms with Crippen molar-refractivity contribution in [3.63, 3.8) is 0 Å². The summed E-state index contributed by atoms with van der Waals surface area (Å²) in [6.45, 7) is 8.82. The van der Waals surface area contributed by atoms with Gasteiger partial charge in [-0.2, -0.15) is 5.26 Å². The number of β-amino-alcohol motifs (C(OH)–C–C–N with tert-alkyl or cyclic N) is 1. The van der Waals surface area contributed by atoms with Gasteiger partial charge in [0.1, 0.15) is 6.07 Å². The van der Waals surface area contributed by atoms with E-state index < -0.39 is 0 Å². The normalized spacial score (nSPS) is 24.4. The molecular weight excluding hydrogens is 436 g/mol. The molecule has 3 aromatic rings. The fourth-order valence-corrected chi connectivity index (χ4v) is 6.13. The van der Waals surface area contributed by atoms with Crippen molar-refractivity contribution in [2.75, 3.05) is 49.5 Å². The Labute approximate surface area is 206 Å². The Morgan fingerprint density at radius 3 is 2.91 bits per heavy atom. The Bertz CT molecular complexity index is 1290. The van der Waals surface area contributed by atoms with Gasteiger partial charge in [0.05, 0.1) is 23.2 Å². The SMILES string of the molecule is C[C@@H]1CN(c2ccc(C#N)c3ncccc23)C[C@@H]2c3ccc(NCCN4CCC(O)C4)cc3CN12. The van der Waals surface area contributed by atoms with Gasteiger partial charge in [0, 0.05) is 74.8 Å². The lowest BCUT2D eigenvalue weighted by molar-refractivity contribution is 0.134. The molecule has 0 bridgehead atoms. The number of nitrogens with one attached hydrogen (secondary N) is 1. The van der Waals surface area contributed by atoms with Crippen LogP contribution in [0, 0.1) is 11.3 Å².